The average Bonchev–Trinajstić information content (AvgIpc) is 2.74. The molecule has 29 heavy (non-hydrogen) atoms. The van der Waals surface area contributed by atoms with Crippen molar-refractivity contribution < 1.29 is 14.3 Å². The fourth-order valence-corrected chi connectivity index (χ4v) is 3.52. The van der Waals surface area contributed by atoms with E-state index in [4.69, 9.17) is 4.74 Å². The van der Waals surface area contributed by atoms with Crippen LogP contribution in [0.15, 0.2) is 48.5 Å². The summed E-state index contributed by atoms with van der Waals surface area (Å²) in [5, 5.41) is 3.11. The number of piperidine rings is 1. The van der Waals surface area contributed by atoms with Gasteiger partial charge in [0.1, 0.15) is 5.75 Å². The quantitative estimate of drug-likeness (QED) is 0.816. The molecule has 3 rings (SSSR count). The number of benzene rings is 2. The van der Waals surface area contributed by atoms with Crippen LogP contribution in [-0.4, -0.2) is 56.5 Å². The van der Waals surface area contributed by atoms with Crippen LogP contribution in [-0.2, 0) is 0 Å². The van der Waals surface area contributed by atoms with Crippen LogP contribution in [0.2, 0.25) is 0 Å². The molecule has 0 bridgehead atoms. The zero-order valence-corrected chi connectivity index (χ0v) is 17.4. The molecule has 2 aromatic rings. The van der Waals surface area contributed by atoms with E-state index >= 15 is 0 Å². The lowest BCUT2D eigenvalue weighted by atomic mass is 10.0. The first-order valence-corrected chi connectivity index (χ1v) is 10.1. The van der Waals surface area contributed by atoms with Gasteiger partial charge in [0.05, 0.1) is 12.2 Å². The molecule has 1 fully saturated rings. The van der Waals surface area contributed by atoms with Crippen molar-refractivity contribution in [2.45, 2.75) is 25.8 Å². The van der Waals surface area contributed by atoms with Gasteiger partial charge in [-0.15, -0.1) is 0 Å². The molecule has 154 valence electrons. The first-order chi connectivity index (χ1) is 14.0. The highest BCUT2D eigenvalue weighted by atomic mass is 16.5. The van der Waals surface area contributed by atoms with Crippen LogP contribution >= 0.6 is 0 Å². The van der Waals surface area contributed by atoms with Gasteiger partial charge in [0, 0.05) is 44.5 Å². The van der Waals surface area contributed by atoms with Crippen LogP contribution in [0, 0.1) is 0 Å². The summed E-state index contributed by atoms with van der Waals surface area (Å²) >= 11 is 0. The molecule has 0 aliphatic carbocycles. The summed E-state index contributed by atoms with van der Waals surface area (Å²) in [4.78, 5) is 29.3. The second-order valence-corrected chi connectivity index (χ2v) is 7.41. The number of amides is 2. The second-order valence-electron chi connectivity index (χ2n) is 7.41. The van der Waals surface area contributed by atoms with E-state index in [2.05, 4.69) is 5.32 Å². The molecular weight excluding hydrogens is 366 g/mol. The van der Waals surface area contributed by atoms with Crippen LogP contribution in [0.5, 0.6) is 5.75 Å². The monoisotopic (exact) mass is 395 g/mol. The summed E-state index contributed by atoms with van der Waals surface area (Å²) in [5.41, 5.74) is 2.24. The summed E-state index contributed by atoms with van der Waals surface area (Å²) < 4.78 is 5.59. The topological polar surface area (TPSA) is 61.9 Å². The molecule has 2 aromatic carbocycles. The predicted molar refractivity (Wildman–Crippen MR) is 115 cm³/mol. The lowest BCUT2D eigenvalue weighted by Crippen LogP contribution is -2.46. The Balaban J connectivity index is 1.57. The number of ether oxygens (including phenoxy) is 1. The van der Waals surface area contributed by atoms with Gasteiger partial charge in [0.15, 0.2) is 0 Å². The van der Waals surface area contributed by atoms with E-state index in [0.717, 1.165) is 18.5 Å². The predicted octanol–water partition coefficient (Wildman–Crippen LogP) is 3.19. The number of nitrogens with zero attached hydrogens (tertiary/aromatic N) is 2. The standard InChI is InChI=1S/C23H29N3O3/c1-4-29-21-11-6-5-10-20(21)23(28)26-14-12-18(13-15-26)24-22(27)17-8-7-9-19(16-17)25(2)3/h5-11,16,18H,4,12-15H2,1-3H3,(H,24,27). The summed E-state index contributed by atoms with van der Waals surface area (Å²) in [6.45, 7) is 3.65. The molecule has 2 amide bonds. The number of anilines is 1. The van der Waals surface area contributed by atoms with Crippen molar-refractivity contribution in [1.29, 1.82) is 0 Å². The first-order valence-electron chi connectivity index (χ1n) is 10.1. The van der Waals surface area contributed by atoms with Crippen molar-refractivity contribution in [2.24, 2.45) is 0 Å². The zero-order valence-electron chi connectivity index (χ0n) is 17.4. The number of carbonyl (C=O) groups excluding carboxylic acids is 2. The van der Waals surface area contributed by atoms with Crippen LogP contribution in [0.1, 0.15) is 40.5 Å². The summed E-state index contributed by atoms with van der Waals surface area (Å²) in [6.07, 6.45) is 1.48. The summed E-state index contributed by atoms with van der Waals surface area (Å²) in [7, 11) is 3.90. The van der Waals surface area contributed by atoms with Crippen LogP contribution in [0.4, 0.5) is 5.69 Å². The molecular formula is C23H29N3O3. The molecule has 1 saturated heterocycles. The van der Waals surface area contributed by atoms with Crippen molar-refractivity contribution >= 4 is 17.5 Å². The van der Waals surface area contributed by atoms with Gasteiger partial charge in [0.25, 0.3) is 11.8 Å². The van der Waals surface area contributed by atoms with E-state index in [1.165, 1.54) is 0 Å². The molecule has 0 spiro atoms. The van der Waals surface area contributed by atoms with Gasteiger partial charge < -0.3 is 19.9 Å². The minimum atomic E-state index is -0.0693. The van der Waals surface area contributed by atoms with Gasteiger partial charge in [-0.3, -0.25) is 9.59 Å². The molecule has 1 aliphatic heterocycles. The third kappa shape index (κ3) is 5.08. The molecule has 0 aromatic heterocycles. The Morgan fingerprint density at radius 3 is 2.52 bits per heavy atom. The number of nitrogens with one attached hydrogen (secondary N) is 1. The normalized spacial score (nSPS) is 14.4. The van der Waals surface area contributed by atoms with Crippen molar-refractivity contribution in [3.05, 3.63) is 59.7 Å². The van der Waals surface area contributed by atoms with Crippen LogP contribution in [0.3, 0.4) is 0 Å². The Labute approximate surface area is 172 Å². The summed E-state index contributed by atoms with van der Waals surface area (Å²) in [6, 6.07) is 15.0. The number of hydrogen-bond donors (Lipinski definition) is 1. The SMILES string of the molecule is CCOc1ccccc1C(=O)N1CCC(NC(=O)c2cccc(N(C)C)c2)CC1. The Bertz CT molecular complexity index is 858. The lowest BCUT2D eigenvalue weighted by Gasteiger charge is -2.32. The van der Waals surface area contributed by atoms with Gasteiger partial charge in [-0.2, -0.15) is 0 Å². The maximum atomic E-state index is 12.9. The minimum Gasteiger partial charge on any atom is -0.493 e. The van der Waals surface area contributed by atoms with Crippen LogP contribution in [0.25, 0.3) is 0 Å². The van der Waals surface area contributed by atoms with E-state index in [1.54, 1.807) is 6.07 Å². The average molecular weight is 396 g/mol. The van der Waals surface area contributed by atoms with Crippen molar-refractivity contribution in [3.8, 4) is 5.75 Å². The Morgan fingerprint density at radius 2 is 1.83 bits per heavy atom. The molecule has 1 heterocycles. The second kappa shape index (κ2) is 9.45. The fourth-order valence-electron chi connectivity index (χ4n) is 3.52. The highest BCUT2D eigenvalue weighted by Gasteiger charge is 2.26. The van der Waals surface area contributed by atoms with Gasteiger partial charge in [-0.1, -0.05) is 18.2 Å². The van der Waals surface area contributed by atoms with Crippen molar-refractivity contribution in [1.82, 2.24) is 10.2 Å². The van der Waals surface area contributed by atoms with Gasteiger partial charge in [-0.05, 0) is 50.1 Å². The maximum absolute atomic E-state index is 12.9. The van der Waals surface area contributed by atoms with Gasteiger partial charge in [0.2, 0.25) is 0 Å². The molecule has 6 heteroatoms. The van der Waals surface area contributed by atoms with Gasteiger partial charge in [-0.25, -0.2) is 0 Å². The van der Waals surface area contributed by atoms with E-state index < -0.39 is 0 Å². The lowest BCUT2D eigenvalue weighted by molar-refractivity contribution is 0.0694. The number of hydrogen-bond acceptors (Lipinski definition) is 4. The number of carbonyl (C=O) groups is 2. The highest BCUT2D eigenvalue weighted by molar-refractivity contribution is 5.97. The fraction of sp³-hybridized carbons (Fsp3) is 0.391. The molecule has 0 atom stereocenters. The molecule has 1 aliphatic rings. The first kappa shape index (κ1) is 20.7. The number of rotatable bonds is 6. The third-order valence-corrected chi connectivity index (χ3v) is 5.16. The van der Waals surface area contributed by atoms with E-state index in [0.29, 0.717) is 36.6 Å². The molecule has 1 N–H and O–H groups in total. The molecule has 0 unspecified atom stereocenters. The van der Waals surface area contributed by atoms with Crippen molar-refractivity contribution in [2.75, 3.05) is 38.7 Å². The van der Waals surface area contributed by atoms with Crippen LogP contribution < -0.4 is 15.0 Å². The largest absolute Gasteiger partial charge is 0.493 e. The number of likely N-dealkylation sites (tertiary alicyclic amines) is 1. The third-order valence-electron chi connectivity index (χ3n) is 5.16. The highest BCUT2D eigenvalue weighted by Crippen LogP contribution is 2.22. The van der Waals surface area contributed by atoms with E-state index in [1.807, 2.05) is 73.3 Å². The minimum absolute atomic E-state index is 0.0162. The number of para-hydroxylation sites is 1. The van der Waals surface area contributed by atoms with E-state index in [9.17, 15) is 9.59 Å². The zero-order chi connectivity index (χ0) is 20.8. The van der Waals surface area contributed by atoms with E-state index in [-0.39, 0.29) is 17.9 Å². The Hall–Kier alpha value is -3.02. The maximum Gasteiger partial charge on any atom is 0.257 e. The van der Waals surface area contributed by atoms with Gasteiger partial charge >= 0.3 is 0 Å². The molecule has 0 saturated carbocycles. The Morgan fingerprint density at radius 1 is 1.10 bits per heavy atom. The summed E-state index contributed by atoms with van der Waals surface area (Å²) in [5.74, 6) is 0.536. The molecule has 0 radical (unpaired) electrons. The van der Waals surface area contributed by atoms with Crippen molar-refractivity contribution in [3.63, 3.8) is 0 Å². The molecule has 6 nitrogen and oxygen atoms in total. The smallest absolute Gasteiger partial charge is 0.257 e. The Kier molecular flexibility index (Phi) is 6.75.